The van der Waals surface area contributed by atoms with E-state index in [4.69, 9.17) is 0 Å². The van der Waals surface area contributed by atoms with Crippen molar-refractivity contribution in [2.24, 2.45) is 0 Å². The fraction of sp³-hybridized carbons (Fsp3) is 0.462. The van der Waals surface area contributed by atoms with Crippen LogP contribution in [-0.4, -0.2) is 23.6 Å². The number of rotatable bonds is 3. The molecule has 2 unspecified atom stereocenters. The molecule has 0 radical (unpaired) electrons. The Morgan fingerprint density at radius 3 is 3.06 bits per heavy atom. The van der Waals surface area contributed by atoms with Crippen molar-refractivity contribution < 1.29 is 14.3 Å². The number of hydrogen-bond donors (Lipinski definition) is 3. The summed E-state index contributed by atoms with van der Waals surface area (Å²) in [5.41, 5.74) is 0.466. The van der Waals surface area contributed by atoms with Crippen LogP contribution in [0.2, 0.25) is 0 Å². The first kappa shape index (κ1) is 12.8. The lowest BCUT2D eigenvalue weighted by molar-refractivity contribution is -0.124. The molecule has 0 aliphatic carbocycles. The zero-order valence-electron chi connectivity index (χ0n) is 10.2. The van der Waals surface area contributed by atoms with Crippen LogP contribution in [0, 0.1) is 5.82 Å². The van der Waals surface area contributed by atoms with E-state index in [0.29, 0.717) is 12.1 Å². The number of phenolic OH excluding ortho intramolecular Hbond substituents is 1. The molecule has 18 heavy (non-hydrogen) atoms. The summed E-state index contributed by atoms with van der Waals surface area (Å²) in [5.74, 6) is -0.402. The van der Waals surface area contributed by atoms with Crippen LogP contribution in [0.3, 0.4) is 0 Å². The topological polar surface area (TPSA) is 61.4 Å². The number of amides is 1. The first-order valence-corrected chi connectivity index (χ1v) is 6.10. The number of aromatic hydroxyl groups is 1. The molecule has 1 aliphatic rings. The van der Waals surface area contributed by atoms with Gasteiger partial charge in [0.1, 0.15) is 11.6 Å². The van der Waals surface area contributed by atoms with E-state index in [9.17, 15) is 14.3 Å². The van der Waals surface area contributed by atoms with Crippen LogP contribution >= 0.6 is 0 Å². The van der Waals surface area contributed by atoms with E-state index >= 15 is 0 Å². The van der Waals surface area contributed by atoms with E-state index in [1.54, 1.807) is 6.92 Å². The minimum Gasteiger partial charge on any atom is -0.508 e. The number of benzene rings is 1. The predicted molar refractivity (Wildman–Crippen MR) is 65.6 cm³/mol. The molecule has 0 bridgehead atoms. The minimum absolute atomic E-state index is 0.0348. The second-order valence-corrected chi connectivity index (χ2v) is 4.58. The molecule has 98 valence electrons. The second kappa shape index (κ2) is 5.35. The van der Waals surface area contributed by atoms with E-state index in [1.165, 1.54) is 18.2 Å². The zero-order chi connectivity index (χ0) is 13.1. The largest absolute Gasteiger partial charge is 0.508 e. The molecule has 1 saturated heterocycles. The predicted octanol–water partition coefficient (Wildman–Crippen LogP) is 1.46. The van der Waals surface area contributed by atoms with Crippen molar-refractivity contribution in [3.05, 3.63) is 29.6 Å². The Morgan fingerprint density at radius 2 is 2.33 bits per heavy atom. The van der Waals surface area contributed by atoms with Crippen molar-refractivity contribution in [3.63, 3.8) is 0 Å². The molecular formula is C13H17FN2O2. The maximum Gasteiger partial charge on any atom is 0.237 e. The number of carbonyl (C=O) groups is 1. The molecule has 0 saturated carbocycles. The van der Waals surface area contributed by atoms with Gasteiger partial charge in [-0.1, -0.05) is 0 Å². The molecule has 2 atom stereocenters. The molecule has 1 aromatic rings. The van der Waals surface area contributed by atoms with Gasteiger partial charge >= 0.3 is 0 Å². The summed E-state index contributed by atoms with van der Waals surface area (Å²) in [6, 6.07) is 3.25. The van der Waals surface area contributed by atoms with E-state index in [0.717, 1.165) is 12.8 Å². The Kier molecular flexibility index (Phi) is 3.81. The van der Waals surface area contributed by atoms with Gasteiger partial charge in [-0.2, -0.15) is 0 Å². The van der Waals surface area contributed by atoms with Crippen molar-refractivity contribution in [3.8, 4) is 5.75 Å². The number of carbonyl (C=O) groups excluding carboxylic acids is 1. The van der Waals surface area contributed by atoms with E-state index < -0.39 is 5.82 Å². The van der Waals surface area contributed by atoms with Gasteiger partial charge in [-0.05, 0) is 38.0 Å². The van der Waals surface area contributed by atoms with Crippen LogP contribution in [0.15, 0.2) is 18.2 Å². The highest BCUT2D eigenvalue weighted by molar-refractivity contribution is 5.82. The molecule has 1 heterocycles. The number of nitrogens with one attached hydrogen (secondary N) is 2. The number of halogens is 1. The average molecular weight is 252 g/mol. The van der Waals surface area contributed by atoms with Gasteiger partial charge < -0.3 is 10.4 Å². The maximum atomic E-state index is 13.1. The van der Waals surface area contributed by atoms with Crippen molar-refractivity contribution in [1.82, 2.24) is 10.6 Å². The van der Waals surface area contributed by atoms with Gasteiger partial charge in [0.15, 0.2) is 0 Å². The Bertz CT molecular complexity index is 451. The number of piperidine rings is 1. The molecule has 0 aromatic heterocycles. The highest BCUT2D eigenvalue weighted by Crippen LogP contribution is 2.25. The van der Waals surface area contributed by atoms with Crippen LogP contribution in [0.1, 0.15) is 31.4 Å². The summed E-state index contributed by atoms with van der Waals surface area (Å²) in [6.07, 6.45) is 1.68. The zero-order valence-corrected chi connectivity index (χ0v) is 10.2. The normalized spacial score (nSPS) is 21.4. The molecule has 1 fully saturated rings. The molecule has 4 nitrogen and oxygen atoms in total. The third-order valence-corrected chi connectivity index (χ3v) is 3.19. The van der Waals surface area contributed by atoms with Crippen LogP contribution in [-0.2, 0) is 4.79 Å². The molecule has 1 aliphatic heterocycles. The van der Waals surface area contributed by atoms with Crippen LogP contribution in [0.5, 0.6) is 5.75 Å². The molecule has 1 aromatic carbocycles. The molecular weight excluding hydrogens is 235 g/mol. The fourth-order valence-electron chi connectivity index (χ4n) is 2.19. The summed E-state index contributed by atoms with van der Waals surface area (Å²) in [6.45, 7) is 2.51. The molecule has 5 heteroatoms. The SMILES string of the molecule is CC(NC1CCCNC1=O)c1cc(F)ccc1O. The Morgan fingerprint density at radius 1 is 1.56 bits per heavy atom. The van der Waals surface area contributed by atoms with Crippen molar-refractivity contribution in [2.45, 2.75) is 31.8 Å². The standard InChI is InChI=1S/C13H17FN2O2/c1-8(10-7-9(14)4-5-12(10)17)16-11-3-2-6-15-13(11)18/h4-5,7-8,11,16-17H,2-3,6H2,1H3,(H,15,18). The van der Waals surface area contributed by atoms with Gasteiger partial charge in [-0.3, -0.25) is 10.1 Å². The molecule has 3 N–H and O–H groups in total. The third-order valence-electron chi connectivity index (χ3n) is 3.19. The highest BCUT2D eigenvalue weighted by Gasteiger charge is 2.24. The first-order chi connectivity index (χ1) is 8.58. The second-order valence-electron chi connectivity index (χ2n) is 4.58. The first-order valence-electron chi connectivity index (χ1n) is 6.10. The van der Waals surface area contributed by atoms with Gasteiger partial charge in [-0.15, -0.1) is 0 Å². The van der Waals surface area contributed by atoms with Gasteiger partial charge in [0.05, 0.1) is 6.04 Å². The number of phenols is 1. The monoisotopic (exact) mass is 252 g/mol. The van der Waals surface area contributed by atoms with Crippen LogP contribution < -0.4 is 10.6 Å². The Balaban J connectivity index is 2.08. The van der Waals surface area contributed by atoms with Gasteiger partial charge in [-0.25, -0.2) is 4.39 Å². The molecule has 0 spiro atoms. The quantitative estimate of drug-likeness (QED) is 0.763. The van der Waals surface area contributed by atoms with Crippen LogP contribution in [0.4, 0.5) is 4.39 Å². The van der Waals surface area contributed by atoms with Gasteiger partial charge in [0, 0.05) is 18.2 Å². The van der Waals surface area contributed by atoms with Gasteiger partial charge in [0.25, 0.3) is 0 Å². The van der Waals surface area contributed by atoms with Crippen molar-refractivity contribution in [1.29, 1.82) is 0 Å². The lowest BCUT2D eigenvalue weighted by atomic mass is 10.0. The molecule has 1 amide bonds. The average Bonchev–Trinajstić information content (AvgIpc) is 2.35. The van der Waals surface area contributed by atoms with Crippen molar-refractivity contribution in [2.75, 3.05) is 6.54 Å². The van der Waals surface area contributed by atoms with Crippen molar-refractivity contribution >= 4 is 5.91 Å². The summed E-state index contributed by atoms with van der Waals surface area (Å²) in [7, 11) is 0. The Labute approximate surface area is 105 Å². The maximum absolute atomic E-state index is 13.1. The lowest BCUT2D eigenvalue weighted by Crippen LogP contribution is -2.48. The molecule has 2 rings (SSSR count). The third kappa shape index (κ3) is 2.79. The fourth-order valence-corrected chi connectivity index (χ4v) is 2.19. The highest BCUT2D eigenvalue weighted by atomic mass is 19.1. The smallest absolute Gasteiger partial charge is 0.237 e. The van der Waals surface area contributed by atoms with E-state index in [2.05, 4.69) is 10.6 Å². The van der Waals surface area contributed by atoms with Crippen LogP contribution in [0.25, 0.3) is 0 Å². The Hall–Kier alpha value is -1.62. The minimum atomic E-state index is -0.399. The number of hydrogen-bond acceptors (Lipinski definition) is 3. The van der Waals surface area contributed by atoms with E-state index in [1.807, 2.05) is 0 Å². The summed E-state index contributed by atoms with van der Waals surface area (Å²) in [4.78, 5) is 11.6. The van der Waals surface area contributed by atoms with Gasteiger partial charge in [0.2, 0.25) is 5.91 Å². The summed E-state index contributed by atoms with van der Waals surface area (Å²) >= 11 is 0. The van der Waals surface area contributed by atoms with E-state index in [-0.39, 0.29) is 23.7 Å². The summed E-state index contributed by atoms with van der Waals surface area (Å²) in [5, 5.41) is 15.6. The summed E-state index contributed by atoms with van der Waals surface area (Å²) < 4.78 is 13.1. The lowest BCUT2D eigenvalue weighted by Gasteiger charge is -2.26.